The van der Waals surface area contributed by atoms with Gasteiger partial charge in [-0.15, -0.1) is 0 Å². The minimum atomic E-state index is -0.366. The molecular formula is C18H21ClFN. The van der Waals surface area contributed by atoms with Crippen LogP contribution in [0, 0.1) is 12.7 Å². The van der Waals surface area contributed by atoms with Crippen LogP contribution in [0.2, 0.25) is 5.02 Å². The van der Waals surface area contributed by atoms with Crippen molar-refractivity contribution in [1.82, 2.24) is 5.32 Å². The molecule has 0 aliphatic carbocycles. The van der Waals surface area contributed by atoms with Crippen LogP contribution < -0.4 is 5.32 Å². The summed E-state index contributed by atoms with van der Waals surface area (Å²) in [4.78, 5) is 0. The highest BCUT2D eigenvalue weighted by molar-refractivity contribution is 6.30. The molecule has 112 valence electrons. The third-order valence-corrected chi connectivity index (χ3v) is 4.07. The molecule has 0 aliphatic rings. The van der Waals surface area contributed by atoms with Gasteiger partial charge in [-0.3, -0.25) is 0 Å². The minimum absolute atomic E-state index is 0.0794. The summed E-state index contributed by atoms with van der Waals surface area (Å²) >= 11 is 5.72. The predicted molar refractivity (Wildman–Crippen MR) is 87.3 cm³/mol. The molecule has 0 bridgehead atoms. The van der Waals surface area contributed by atoms with E-state index in [0.29, 0.717) is 6.04 Å². The third kappa shape index (κ3) is 4.29. The van der Waals surface area contributed by atoms with Gasteiger partial charge >= 0.3 is 0 Å². The Morgan fingerprint density at radius 3 is 2.52 bits per heavy atom. The van der Waals surface area contributed by atoms with Gasteiger partial charge in [-0.1, -0.05) is 41.9 Å². The van der Waals surface area contributed by atoms with Crippen molar-refractivity contribution >= 4 is 11.6 Å². The van der Waals surface area contributed by atoms with Crippen LogP contribution in [0.25, 0.3) is 0 Å². The summed E-state index contributed by atoms with van der Waals surface area (Å²) in [5.74, 6) is -0.366. The molecule has 0 heterocycles. The zero-order chi connectivity index (χ0) is 15.4. The molecule has 1 N–H and O–H groups in total. The Balaban J connectivity index is 2.00. The van der Waals surface area contributed by atoms with E-state index in [0.717, 1.165) is 12.0 Å². The molecule has 0 saturated heterocycles. The van der Waals surface area contributed by atoms with Crippen molar-refractivity contribution in [3.05, 3.63) is 70.0 Å². The standard InChI is InChI=1S/C18H21ClFN/c1-12-6-4-5-7-15(12)10-13(2)21-14(3)16-8-9-17(19)18(20)11-16/h4-9,11,13-14,21H,10H2,1-3H3. The Hall–Kier alpha value is -1.38. The Kier molecular flexibility index (Phi) is 5.38. The van der Waals surface area contributed by atoms with E-state index in [-0.39, 0.29) is 16.9 Å². The highest BCUT2D eigenvalue weighted by atomic mass is 35.5. The maximum absolute atomic E-state index is 13.5. The van der Waals surface area contributed by atoms with Crippen LogP contribution in [0.15, 0.2) is 42.5 Å². The van der Waals surface area contributed by atoms with E-state index in [1.165, 1.54) is 17.2 Å². The van der Waals surface area contributed by atoms with Gasteiger partial charge in [0.1, 0.15) is 5.82 Å². The Labute approximate surface area is 131 Å². The summed E-state index contributed by atoms with van der Waals surface area (Å²) in [7, 11) is 0. The first-order valence-corrected chi connectivity index (χ1v) is 7.60. The molecule has 0 aliphatic heterocycles. The Morgan fingerprint density at radius 2 is 1.86 bits per heavy atom. The summed E-state index contributed by atoms with van der Waals surface area (Å²) in [6.07, 6.45) is 0.951. The summed E-state index contributed by atoms with van der Waals surface area (Å²) in [5.41, 5.74) is 3.55. The zero-order valence-corrected chi connectivity index (χ0v) is 13.4. The molecular weight excluding hydrogens is 285 g/mol. The fraction of sp³-hybridized carbons (Fsp3) is 0.333. The Bertz CT molecular complexity index is 612. The average molecular weight is 306 g/mol. The molecule has 2 atom stereocenters. The van der Waals surface area contributed by atoms with Gasteiger partial charge < -0.3 is 5.32 Å². The molecule has 21 heavy (non-hydrogen) atoms. The van der Waals surface area contributed by atoms with Gasteiger partial charge in [0.05, 0.1) is 5.02 Å². The number of hydrogen-bond acceptors (Lipinski definition) is 1. The topological polar surface area (TPSA) is 12.0 Å². The lowest BCUT2D eigenvalue weighted by Gasteiger charge is -2.21. The fourth-order valence-electron chi connectivity index (χ4n) is 2.53. The maximum Gasteiger partial charge on any atom is 0.142 e. The van der Waals surface area contributed by atoms with Crippen molar-refractivity contribution in [2.24, 2.45) is 0 Å². The van der Waals surface area contributed by atoms with E-state index in [4.69, 9.17) is 11.6 Å². The van der Waals surface area contributed by atoms with Crippen LogP contribution >= 0.6 is 11.6 Å². The lowest BCUT2D eigenvalue weighted by atomic mass is 10.0. The monoisotopic (exact) mass is 305 g/mol. The SMILES string of the molecule is Cc1ccccc1CC(C)NC(C)c1ccc(Cl)c(F)c1. The molecule has 0 spiro atoms. The Morgan fingerprint density at radius 1 is 1.14 bits per heavy atom. The van der Waals surface area contributed by atoms with Gasteiger partial charge in [0.25, 0.3) is 0 Å². The van der Waals surface area contributed by atoms with Gasteiger partial charge in [0, 0.05) is 12.1 Å². The van der Waals surface area contributed by atoms with Crippen LogP contribution in [0.1, 0.15) is 36.6 Å². The van der Waals surface area contributed by atoms with Gasteiger partial charge in [-0.2, -0.15) is 0 Å². The number of aryl methyl sites for hydroxylation is 1. The third-order valence-electron chi connectivity index (χ3n) is 3.77. The first-order chi connectivity index (χ1) is 9.97. The van der Waals surface area contributed by atoms with E-state index in [2.05, 4.69) is 43.4 Å². The van der Waals surface area contributed by atoms with Crippen LogP contribution in [-0.4, -0.2) is 6.04 Å². The molecule has 1 nitrogen and oxygen atoms in total. The molecule has 0 fully saturated rings. The van der Waals surface area contributed by atoms with E-state index in [1.54, 1.807) is 6.07 Å². The summed E-state index contributed by atoms with van der Waals surface area (Å²) in [6, 6.07) is 13.7. The smallest absolute Gasteiger partial charge is 0.142 e. The fourth-order valence-corrected chi connectivity index (χ4v) is 2.65. The maximum atomic E-state index is 13.5. The van der Waals surface area contributed by atoms with E-state index < -0.39 is 0 Å². The molecule has 2 unspecified atom stereocenters. The van der Waals surface area contributed by atoms with E-state index in [9.17, 15) is 4.39 Å². The molecule has 3 heteroatoms. The molecule has 0 radical (unpaired) electrons. The second-order valence-electron chi connectivity index (χ2n) is 5.59. The van der Waals surface area contributed by atoms with Gasteiger partial charge in [0.2, 0.25) is 0 Å². The quantitative estimate of drug-likeness (QED) is 0.813. The predicted octanol–water partition coefficient (Wildman–Crippen LogP) is 5.07. The molecule has 0 amide bonds. The molecule has 2 rings (SSSR count). The zero-order valence-electron chi connectivity index (χ0n) is 12.7. The number of halogens is 2. The first-order valence-electron chi connectivity index (χ1n) is 7.23. The van der Waals surface area contributed by atoms with Gasteiger partial charge in [-0.05, 0) is 56.0 Å². The molecule has 2 aromatic rings. The summed E-state index contributed by atoms with van der Waals surface area (Å²) in [5, 5.41) is 3.67. The number of rotatable bonds is 5. The highest BCUT2D eigenvalue weighted by Crippen LogP contribution is 2.21. The molecule has 2 aromatic carbocycles. The van der Waals surface area contributed by atoms with Gasteiger partial charge in [-0.25, -0.2) is 4.39 Å². The molecule has 0 saturated carbocycles. The van der Waals surface area contributed by atoms with E-state index >= 15 is 0 Å². The van der Waals surface area contributed by atoms with E-state index in [1.807, 2.05) is 13.0 Å². The minimum Gasteiger partial charge on any atom is -0.307 e. The van der Waals surface area contributed by atoms with Crippen molar-refractivity contribution in [3.8, 4) is 0 Å². The second kappa shape index (κ2) is 7.06. The number of benzene rings is 2. The van der Waals surface area contributed by atoms with Gasteiger partial charge in [0.15, 0.2) is 0 Å². The van der Waals surface area contributed by atoms with Crippen molar-refractivity contribution in [2.75, 3.05) is 0 Å². The average Bonchev–Trinajstić information content (AvgIpc) is 2.44. The lowest BCUT2D eigenvalue weighted by Crippen LogP contribution is -2.31. The highest BCUT2D eigenvalue weighted by Gasteiger charge is 2.12. The van der Waals surface area contributed by atoms with Crippen LogP contribution in [0.3, 0.4) is 0 Å². The second-order valence-corrected chi connectivity index (χ2v) is 6.00. The normalized spacial score (nSPS) is 14.0. The van der Waals surface area contributed by atoms with Crippen molar-refractivity contribution in [3.63, 3.8) is 0 Å². The molecule has 0 aromatic heterocycles. The van der Waals surface area contributed by atoms with Crippen LogP contribution in [0.5, 0.6) is 0 Å². The summed E-state index contributed by atoms with van der Waals surface area (Å²) in [6.45, 7) is 6.31. The first kappa shape index (κ1) is 16.0. The largest absolute Gasteiger partial charge is 0.307 e. The lowest BCUT2D eigenvalue weighted by molar-refractivity contribution is 0.474. The number of nitrogens with one attached hydrogen (secondary N) is 1. The van der Waals surface area contributed by atoms with Crippen LogP contribution in [0.4, 0.5) is 4.39 Å². The van der Waals surface area contributed by atoms with Crippen molar-refractivity contribution < 1.29 is 4.39 Å². The summed E-state index contributed by atoms with van der Waals surface area (Å²) < 4.78 is 13.5. The van der Waals surface area contributed by atoms with Crippen LogP contribution in [-0.2, 0) is 6.42 Å². The van der Waals surface area contributed by atoms with Crippen molar-refractivity contribution in [2.45, 2.75) is 39.3 Å². The number of hydrogen-bond donors (Lipinski definition) is 1. The van der Waals surface area contributed by atoms with Crippen molar-refractivity contribution in [1.29, 1.82) is 0 Å².